The molecule has 1 aliphatic heterocycles. The summed E-state index contributed by atoms with van der Waals surface area (Å²) < 4.78 is 4.16. The second kappa shape index (κ2) is 8.37. The average Bonchev–Trinajstić information content (AvgIpc) is 3.24. The van der Waals surface area contributed by atoms with Gasteiger partial charge in [-0.2, -0.15) is 9.61 Å². The predicted molar refractivity (Wildman–Crippen MR) is 127 cm³/mol. The second-order valence-electron chi connectivity index (χ2n) is 7.99. The van der Waals surface area contributed by atoms with Gasteiger partial charge in [0.2, 0.25) is 0 Å². The van der Waals surface area contributed by atoms with E-state index in [2.05, 4.69) is 43.4 Å². The molecule has 2 aromatic carbocycles. The van der Waals surface area contributed by atoms with Crippen LogP contribution in [0.15, 0.2) is 70.1 Å². The molecule has 5 rings (SSSR count). The number of fused-ring (bicyclic) bond motifs is 2. The highest BCUT2D eigenvalue weighted by Crippen LogP contribution is 2.22. The van der Waals surface area contributed by atoms with E-state index in [-0.39, 0.29) is 11.5 Å². The van der Waals surface area contributed by atoms with Gasteiger partial charge >= 0.3 is 0 Å². The van der Waals surface area contributed by atoms with Gasteiger partial charge in [0.15, 0.2) is 5.65 Å². The largest absolute Gasteiger partial charge is 0.332 e. The minimum Gasteiger partial charge on any atom is -0.332 e. The molecule has 8 heteroatoms. The first-order valence-electron chi connectivity index (χ1n) is 10.4. The summed E-state index contributed by atoms with van der Waals surface area (Å²) in [5, 5.41) is 7.16. The number of aromatic nitrogens is 3. The Morgan fingerprint density at radius 1 is 1.16 bits per heavy atom. The third-order valence-corrected chi connectivity index (χ3v) is 6.38. The molecule has 0 fully saturated rings. The van der Waals surface area contributed by atoms with Crippen LogP contribution < -0.4 is 10.9 Å². The molecule has 7 nitrogen and oxygen atoms in total. The van der Waals surface area contributed by atoms with Gasteiger partial charge in [0.25, 0.3) is 11.5 Å². The van der Waals surface area contributed by atoms with Gasteiger partial charge in [-0.3, -0.25) is 14.5 Å². The third-order valence-electron chi connectivity index (χ3n) is 5.89. The highest BCUT2D eigenvalue weighted by atomic mass is 79.9. The molecule has 0 unspecified atom stereocenters. The number of halogens is 1. The van der Waals surface area contributed by atoms with Gasteiger partial charge < -0.3 is 9.88 Å². The zero-order valence-corrected chi connectivity index (χ0v) is 19.2. The summed E-state index contributed by atoms with van der Waals surface area (Å²) in [6, 6.07) is 17.6. The van der Waals surface area contributed by atoms with Crippen molar-refractivity contribution in [2.24, 2.45) is 7.05 Å². The number of rotatable bonds is 4. The molecule has 4 aromatic rings. The van der Waals surface area contributed by atoms with E-state index in [9.17, 15) is 9.59 Å². The van der Waals surface area contributed by atoms with E-state index in [0.29, 0.717) is 23.4 Å². The molecule has 0 spiro atoms. The van der Waals surface area contributed by atoms with Gasteiger partial charge in [0.05, 0.1) is 11.8 Å². The van der Waals surface area contributed by atoms with Gasteiger partial charge in [0, 0.05) is 49.0 Å². The second-order valence-corrected chi connectivity index (χ2v) is 8.91. The van der Waals surface area contributed by atoms with Gasteiger partial charge in [-0.05, 0) is 23.8 Å². The van der Waals surface area contributed by atoms with Crippen LogP contribution in [0.1, 0.15) is 27.2 Å². The van der Waals surface area contributed by atoms with Crippen molar-refractivity contribution in [3.05, 3.63) is 98.0 Å². The quantitative estimate of drug-likeness (QED) is 0.473. The first-order chi connectivity index (χ1) is 15.5. The number of amides is 1. The Labute approximate surface area is 193 Å². The molecule has 1 aliphatic rings. The zero-order valence-electron chi connectivity index (χ0n) is 17.6. The molecule has 0 bridgehead atoms. The maximum atomic E-state index is 13.3. The average molecular weight is 492 g/mol. The van der Waals surface area contributed by atoms with Crippen LogP contribution in [-0.4, -0.2) is 31.5 Å². The fourth-order valence-corrected chi connectivity index (χ4v) is 4.74. The van der Waals surface area contributed by atoms with Crippen LogP contribution in [0, 0.1) is 0 Å². The summed E-state index contributed by atoms with van der Waals surface area (Å²) in [6.07, 6.45) is 2.21. The van der Waals surface area contributed by atoms with E-state index in [4.69, 9.17) is 0 Å². The Hall–Kier alpha value is -3.23. The van der Waals surface area contributed by atoms with E-state index < -0.39 is 0 Å². The monoisotopic (exact) mass is 491 g/mol. The molecule has 32 heavy (non-hydrogen) atoms. The molecule has 1 amide bonds. The van der Waals surface area contributed by atoms with E-state index in [1.54, 1.807) is 0 Å². The van der Waals surface area contributed by atoms with Crippen LogP contribution in [0.2, 0.25) is 0 Å². The van der Waals surface area contributed by atoms with Crippen LogP contribution in [0.4, 0.5) is 5.69 Å². The van der Waals surface area contributed by atoms with Gasteiger partial charge in [0.1, 0.15) is 5.56 Å². The number of aryl methyl sites for hydroxylation is 1. The summed E-state index contributed by atoms with van der Waals surface area (Å²) in [7, 11) is 1.90. The lowest BCUT2D eigenvalue weighted by Gasteiger charge is -2.29. The zero-order chi connectivity index (χ0) is 22.2. The van der Waals surface area contributed by atoms with Crippen LogP contribution >= 0.6 is 15.9 Å². The fraction of sp³-hybridized carbons (Fsp3) is 0.208. The normalized spacial score (nSPS) is 13.8. The lowest BCUT2D eigenvalue weighted by molar-refractivity contribution is 0.102. The summed E-state index contributed by atoms with van der Waals surface area (Å²) in [4.78, 5) is 28.5. The highest BCUT2D eigenvalue weighted by Gasteiger charge is 2.26. The minimum absolute atomic E-state index is 0.160. The van der Waals surface area contributed by atoms with E-state index in [1.165, 1.54) is 16.3 Å². The third kappa shape index (κ3) is 3.76. The van der Waals surface area contributed by atoms with E-state index >= 15 is 0 Å². The number of nitrogens with one attached hydrogen (secondary N) is 1. The van der Waals surface area contributed by atoms with Crippen molar-refractivity contribution in [2.45, 2.75) is 19.5 Å². The Bertz CT molecular complexity index is 1380. The van der Waals surface area contributed by atoms with Crippen molar-refractivity contribution >= 4 is 33.2 Å². The molecule has 0 saturated carbocycles. The van der Waals surface area contributed by atoms with Crippen LogP contribution in [0.3, 0.4) is 0 Å². The molecule has 162 valence electrons. The number of hydrogen-bond acceptors (Lipinski definition) is 4. The van der Waals surface area contributed by atoms with Crippen molar-refractivity contribution < 1.29 is 4.79 Å². The lowest BCUT2D eigenvalue weighted by atomic mass is 10.1. The topological polar surface area (TPSA) is 71.6 Å². The Balaban J connectivity index is 1.48. The van der Waals surface area contributed by atoms with Crippen molar-refractivity contribution in [3.63, 3.8) is 0 Å². The maximum absolute atomic E-state index is 13.3. The number of nitrogens with zero attached hydrogens (tertiary/aromatic N) is 4. The van der Waals surface area contributed by atoms with Crippen LogP contribution in [-0.2, 0) is 26.6 Å². The van der Waals surface area contributed by atoms with Gasteiger partial charge in [-0.25, -0.2) is 0 Å². The number of carbonyl (C=O) groups excluding carboxylic acids is 1. The smallest absolute Gasteiger partial charge is 0.279 e. The molecule has 0 radical (unpaired) electrons. The summed E-state index contributed by atoms with van der Waals surface area (Å²) in [6.45, 7) is 2.20. The van der Waals surface area contributed by atoms with Crippen molar-refractivity contribution in [3.8, 4) is 0 Å². The Morgan fingerprint density at radius 3 is 2.75 bits per heavy atom. The Morgan fingerprint density at radius 2 is 1.97 bits per heavy atom. The molecule has 3 heterocycles. The summed E-state index contributed by atoms with van der Waals surface area (Å²) in [5.74, 6) is -0.297. The van der Waals surface area contributed by atoms with Crippen molar-refractivity contribution in [1.82, 2.24) is 19.1 Å². The molecule has 2 aromatic heterocycles. The number of anilines is 1. The molecule has 0 aliphatic carbocycles. The first-order valence-corrected chi connectivity index (χ1v) is 11.2. The fourth-order valence-electron chi connectivity index (χ4n) is 4.34. The molecular weight excluding hydrogens is 470 g/mol. The van der Waals surface area contributed by atoms with E-state index in [0.717, 1.165) is 35.2 Å². The van der Waals surface area contributed by atoms with Gasteiger partial charge in [-0.15, -0.1) is 0 Å². The SMILES string of the molecule is Cn1c2c(c(=O)n3ncc(C(=O)Nc4cccc(Br)c4)c13)CN(Cc1ccccc1)CC2. The highest BCUT2D eigenvalue weighted by molar-refractivity contribution is 9.10. The molecule has 0 saturated heterocycles. The van der Waals surface area contributed by atoms with Crippen molar-refractivity contribution in [2.75, 3.05) is 11.9 Å². The summed E-state index contributed by atoms with van der Waals surface area (Å²) in [5.41, 5.74) is 4.32. The minimum atomic E-state index is -0.297. The van der Waals surface area contributed by atoms with Crippen LogP contribution in [0.5, 0.6) is 0 Å². The predicted octanol–water partition coefficient (Wildman–Crippen LogP) is 3.61. The summed E-state index contributed by atoms with van der Waals surface area (Å²) >= 11 is 3.41. The number of carbonyl (C=O) groups is 1. The number of hydrogen-bond donors (Lipinski definition) is 1. The maximum Gasteiger partial charge on any atom is 0.279 e. The molecule has 1 N–H and O–H groups in total. The first kappa shape index (κ1) is 20.7. The lowest BCUT2D eigenvalue weighted by Crippen LogP contribution is -2.38. The molecular formula is C24H22BrN5O2. The Kier molecular flexibility index (Phi) is 5.40. The standard InChI is InChI=1S/C24H22BrN5O2/c1-28-21-10-11-29(14-16-6-3-2-4-7-16)15-20(21)24(32)30-23(28)19(13-26-30)22(31)27-18-9-5-8-17(25)12-18/h2-9,12-13H,10-11,14-15H2,1H3,(H,27,31). The van der Waals surface area contributed by atoms with E-state index in [1.807, 2.05) is 54.1 Å². The van der Waals surface area contributed by atoms with Crippen molar-refractivity contribution in [1.29, 1.82) is 0 Å². The molecule has 0 atom stereocenters. The number of benzene rings is 2. The van der Waals surface area contributed by atoms with Crippen LogP contribution in [0.25, 0.3) is 5.65 Å². The van der Waals surface area contributed by atoms with Gasteiger partial charge in [-0.1, -0.05) is 52.3 Å².